The summed E-state index contributed by atoms with van der Waals surface area (Å²) in [5.74, 6) is 0.777. The summed E-state index contributed by atoms with van der Waals surface area (Å²) in [6, 6.07) is 12.2. The molecule has 0 saturated carbocycles. The Morgan fingerprint density at radius 3 is 2.67 bits per heavy atom. The van der Waals surface area contributed by atoms with Gasteiger partial charge in [0.2, 0.25) is 0 Å². The minimum absolute atomic E-state index is 0.0446. The van der Waals surface area contributed by atoms with Crippen LogP contribution in [0.2, 0.25) is 0 Å². The van der Waals surface area contributed by atoms with E-state index in [0.717, 1.165) is 61.8 Å². The number of halogens is 1. The molecular weight excluding hydrogens is 541 g/mol. The molecule has 5 heterocycles. The molecule has 224 valence electrons. The molecule has 3 saturated heterocycles. The predicted octanol–water partition coefficient (Wildman–Crippen LogP) is 6.62. The lowest BCUT2D eigenvalue weighted by molar-refractivity contribution is 0.108. The number of pyridine rings is 1. The molecule has 0 bridgehead atoms. The number of aliphatic hydroxyl groups is 1. The van der Waals surface area contributed by atoms with E-state index in [1.807, 2.05) is 48.6 Å². The van der Waals surface area contributed by atoms with Crippen LogP contribution in [0.1, 0.15) is 57.4 Å². The lowest BCUT2D eigenvalue weighted by Crippen LogP contribution is -2.43. The molecule has 1 unspecified atom stereocenters. The minimum Gasteiger partial charge on any atom is -0.461 e. The molecule has 7 nitrogen and oxygen atoms in total. The first kappa shape index (κ1) is 28.2. The van der Waals surface area contributed by atoms with Crippen LogP contribution in [0, 0.1) is 11.7 Å². The first-order chi connectivity index (χ1) is 21.1. The van der Waals surface area contributed by atoms with E-state index in [4.69, 9.17) is 19.7 Å². The largest absolute Gasteiger partial charge is 0.461 e. The van der Waals surface area contributed by atoms with E-state index in [1.165, 1.54) is 19.3 Å². The van der Waals surface area contributed by atoms with Crippen molar-refractivity contribution in [2.75, 3.05) is 44.3 Å². The van der Waals surface area contributed by atoms with Gasteiger partial charge in [0.25, 0.3) is 0 Å². The number of benzene rings is 2. The molecule has 4 aromatic rings. The highest BCUT2D eigenvalue weighted by molar-refractivity contribution is 6.03. The zero-order valence-electron chi connectivity index (χ0n) is 24.9. The van der Waals surface area contributed by atoms with Crippen molar-refractivity contribution in [2.24, 2.45) is 5.92 Å². The highest BCUT2D eigenvalue weighted by atomic mass is 19.1. The second kappa shape index (κ2) is 11.8. The van der Waals surface area contributed by atoms with Crippen molar-refractivity contribution in [3.8, 4) is 17.3 Å². The van der Waals surface area contributed by atoms with Crippen LogP contribution in [-0.2, 0) is 0 Å². The Balaban J connectivity index is 1.35. The molecule has 7 rings (SSSR count). The van der Waals surface area contributed by atoms with Crippen molar-refractivity contribution in [3.05, 3.63) is 60.1 Å². The Kier molecular flexibility index (Phi) is 7.74. The second-order valence-electron chi connectivity index (χ2n) is 12.6. The lowest BCUT2D eigenvalue weighted by atomic mass is 9.95. The fraction of sp³-hybridized carbons (Fsp3) is 0.457. The third-order valence-corrected chi connectivity index (χ3v) is 9.67. The highest BCUT2D eigenvalue weighted by Crippen LogP contribution is 2.40. The van der Waals surface area contributed by atoms with Gasteiger partial charge in [0.1, 0.15) is 23.6 Å². The normalized spacial score (nSPS) is 20.4. The SMILES string of the molecule is CC1CCCN(c2nc(OCC34CCCN3CCC4)nc3c(F)c(-c4cccc5cccc(/C=C/CCO)c45)ncc23)C1. The van der Waals surface area contributed by atoms with Gasteiger partial charge in [-0.1, -0.05) is 55.5 Å². The molecule has 3 aliphatic rings. The molecule has 8 heteroatoms. The number of hydrogen-bond donors (Lipinski definition) is 1. The van der Waals surface area contributed by atoms with E-state index in [-0.39, 0.29) is 29.4 Å². The van der Waals surface area contributed by atoms with Gasteiger partial charge >= 0.3 is 6.01 Å². The smallest absolute Gasteiger partial charge is 0.319 e. The van der Waals surface area contributed by atoms with Crippen molar-refractivity contribution in [3.63, 3.8) is 0 Å². The van der Waals surface area contributed by atoms with Gasteiger partial charge in [0.15, 0.2) is 5.82 Å². The fourth-order valence-electron chi connectivity index (χ4n) is 7.55. The van der Waals surface area contributed by atoms with Gasteiger partial charge in [-0.3, -0.25) is 9.88 Å². The predicted molar refractivity (Wildman–Crippen MR) is 170 cm³/mol. The summed E-state index contributed by atoms with van der Waals surface area (Å²) in [7, 11) is 0. The maximum atomic E-state index is 16.8. The fourth-order valence-corrected chi connectivity index (χ4v) is 7.55. The highest BCUT2D eigenvalue weighted by Gasteiger charge is 2.45. The van der Waals surface area contributed by atoms with Gasteiger partial charge < -0.3 is 14.7 Å². The van der Waals surface area contributed by atoms with Crippen molar-refractivity contribution < 1.29 is 14.2 Å². The molecule has 3 aliphatic heterocycles. The van der Waals surface area contributed by atoms with Crippen molar-refractivity contribution in [2.45, 2.75) is 57.4 Å². The van der Waals surface area contributed by atoms with Crippen LogP contribution in [-0.4, -0.2) is 69.9 Å². The van der Waals surface area contributed by atoms with E-state index >= 15 is 4.39 Å². The molecule has 0 spiro atoms. The number of nitrogens with zero attached hydrogens (tertiary/aromatic N) is 5. The van der Waals surface area contributed by atoms with Crippen LogP contribution in [0.25, 0.3) is 39.0 Å². The number of hydrogen-bond acceptors (Lipinski definition) is 7. The van der Waals surface area contributed by atoms with E-state index in [0.29, 0.717) is 35.7 Å². The number of fused-ring (bicyclic) bond motifs is 3. The number of aromatic nitrogens is 3. The molecule has 3 fully saturated rings. The zero-order chi connectivity index (χ0) is 29.4. The number of anilines is 1. The maximum absolute atomic E-state index is 16.8. The third-order valence-electron chi connectivity index (χ3n) is 9.67. The van der Waals surface area contributed by atoms with Gasteiger partial charge in [0, 0.05) is 31.5 Å². The molecule has 0 radical (unpaired) electrons. The Morgan fingerprint density at radius 1 is 1.07 bits per heavy atom. The number of rotatable bonds is 8. The minimum atomic E-state index is -0.459. The molecule has 0 amide bonds. The van der Waals surface area contributed by atoms with Crippen LogP contribution in [0.5, 0.6) is 6.01 Å². The standard InChI is InChI=1S/C35H40FN5O2/c1-24-9-6-17-40(22-24)33-28-21-37-31(27-14-5-13-26-12-4-11-25(29(26)27)10-2-3-20-42)30(36)32(28)38-34(39-33)43-23-35-15-7-18-41(35)19-8-16-35/h2,4-5,10-14,21,24,42H,3,6-9,15-20,22-23H2,1H3/b10-2+. The average molecular weight is 582 g/mol. The molecule has 2 aromatic carbocycles. The summed E-state index contributed by atoms with van der Waals surface area (Å²) in [6.07, 6.45) is 13.1. The molecular formula is C35H40FN5O2. The summed E-state index contributed by atoms with van der Waals surface area (Å²) >= 11 is 0. The summed E-state index contributed by atoms with van der Waals surface area (Å²) in [6.45, 7) is 6.82. The van der Waals surface area contributed by atoms with Gasteiger partial charge in [-0.05, 0) is 80.3 Å². The molecule has 43 heavy (non-hydrogen) atoms. The quantitative estimate of drug-likeness (QED) is 0.251. The van der Waals surface area contributed by atoms with Crippen LogP contribution in [0.3, 0.4) is 0 Å². The topological polar surface area (TPSA) is 74.6 Å². The summed E-state index contributed by atoms with van der Waals surface area (Å²) < 4.78 is 23.2. The van der Waals surface area contributed by atoms with Crippen LogP contribution >= 0.6 is 0 Å². The summed E-state index contributed by atoms with van der Waals surface area (Å²) in [5.41, 5.74) is 2.22. The summed E-state index contributed by atoms with van der Waals surface area (Å²) in [5, 5.41) is 11.8. The van der Waals surface area contributed by atoms with E-state index in [9.17, 15) is 5.11 Å². The molecule has 1 atom stereocenters. The van der Waals surface area contributed by atoms with Crippen molar-refractivity contribution in [1.82, 2.24) is 19.9 Å². The second-order valence-corrected chi connectivity index (χ2v) is 12.6. The molecule has 0 aliphatic carbocycles. The van der Waals surface area contributed by atoms with Crippen LogP contribution < -0.4 is 9.64 Å². The Labute approximate surface area is 252 Å². The van der Waals surface area contributed by atoms with Crippen LogP contribution in [0.4, 0.5) is 10.2 Å². The zero-order valence-corrected chi connectivity index (χ0v) is 24.9. The van der Waals surface area contributed by atoms with Gasteiger partial charge in [-0.2, -0.15) is 9.97 Å². The first-order valence-corrected chi connectivity index (χ1v) is 15.8. The third kappa shape index (κ3) is 5.25. The Morgan fingerprint density at radius 2 is 1.88 bits per heavy atom. The van der Waals surface area contributed by atoms with Crippen molar-refractivity contribution >= 4 is 33.6 Å². The van der Waals surface area contributed by atoms with E-state index in [2.05, 4.69) is 16.7 Å². The van der Waals surface area contributed by atoms with Gasteiger partial charge in [-0.25, -0.2) is 4.39 Å². The lowest BCUT2D eigenvalue weighted by Gasteiger charge is -2.33. The molecule has 2 aromatic heterocycles. The maximum Gasteiger partial charge on any atom is 0.319 e. The van der Waals surface area contributed by atoms with Gasteiger partial charge in [0.05, 0.1) is 10.9 Å². The van der Waals surface area contributed by atoms with Crippen LogP contribution in [0.15, 0.2) is 48.7 Å². The number of ether oxygens (including phenoxy) is 1. The van der Waals surface area contributed by atoms with Gasteiger partial charge in [-0.15, -0.1) is 0 Å². The number of piperidine rings is 1. The summed E-state index contributed by atoms with van der Waals surface area (Å²) in [4.78, 5) is 19.2. The monoisotopic (exact) mass is 581 g/mol. The van der Waals surface area contributed by atoms with E-state index in [1.54, 1.807) is 6.20 Å². The van der Waals surface area contributed by atoms with Crippen molar-refractivity contribution in [1.29, 1.82) is 0 Å². The average Bonchev–Trinajstić information content (AvgIpc) is 3.61. The Bertz CT molecular complexity index is 1660. The molecule has 1 N–H and O–H groups in total. The van der Waals surface area contributed by atoms with E-state index < -0.39 is 5.82 Å². The first-order valence-electron chi connectivity index (χ1n) is 15.8. The number of aliphatic hydroxyl groups excluding tert-OH is 1. The Hall–Kier alpha value is -3.62.